The monoisotopic (exact) mass is 221 g/mol. The van der Waals surface area contributed by atoms with Crippen LogP contribution in [-0.4, -0.2) is 14.2 Å². The Labute approximate surface area is 80.5 Å². The van der Waals surface area contributed by atoms with Crippen LogP contribution in [-0.2, 0) is 9.84 Å². The van der Waals surface area contributed by atoms with Crippen LogP contribution in [0.4, 0.5) is 14.5 Å². The fraction of sp³-hybridized carbons (Fsp3) is 0.250. The predicted molar refractivity (Wildman–Crippen MR) is 48.8 cm³/mol. The fourth-order valence-electron chi connectivity index (χ4n) is 1.04. The molecule has 3 nitrogen and oxygen atoms in total. The summed E-state index contributed by atoms with van der Waals surface area (Å²) in [5.74, 6) is -3.41. The second kappa shape index (κ2) is 3.53. The number of hydrogen-bond acceptors (Lipinski definition) is 3. The summed E-state index contributed by atoms with van der Waals surface area (Å²) in [6.45, 7) is 1.39. The maximum Gasteiger partial charge on any atom is 0.341 e. The highest BCUT2D eigenvalue weighted by Crippen LogP contribution is 2.25. The molecule has 6 heteroatoms. The minimum Gasteiger partial charge on any atom is -0.398 e. The van der Waals surface area contributed by atoms with Crippen molar-refractivity contribution in [1.29, 1.82) is 0 Å². The minimum atomic E-state index is -4.54. The molecule has 2 N–H and O–H groups in total. The number of hydrogen-bond donors (Lipinski definition) is 1. The zero-order valence-electron chi connectivity index (χ0n) is 7.37. The molecule has 0 aromatic heterocycles. The van der Waals surface area contributed by atoms with Crippen LogP contribution in [0.5, 0.6) is 0 Å². The van der Waals surface area contributed by atoms with Gasteiger partial charge < -0.3 is 5.73 Å². The van der Waals surface area contributed by atoms with Gasteiger partial charge in [0, 0.05) is 5.69 Å². The first-order chi connectivity index (χ1) is 6.37. The van der Waals surface area contributed by atoms with E-state index in [1.54, 1.807) is 0 Å². The van der Waals surface area contributed by atoms with Gasteiger partial charge in [-0.3, -0.25) is 0 Å². The van der Waals surface area contributed by atoms with Gasteiger partial charge >= 0.3 is 5.76 Å². The number of halogens is 2. The van der Waals surface area contributed by atoms with Gasteiger partial charge in [-0.25, -0.2) is 8.42 Å². The summed E-state index contributed by atoms with van der Waals surface area (Å²) in [7, 11) is -4.54. The van der Waals surface area contributed by atoms with Crippen LogP contribution < -0.4 is 5.73 Å². The molecule has 0 aliphatic carbocycles. The molecule has 0 fully saturated rings. The Morgan fingerprint density at radius 1 is 1.36 bits per heavy atom. The van der Waals surface area contributed by atoms with Crippen molar-refractivity contribution in [3.63, 3.8) is 0 Å². The molecule has 0 spiro atoms. The molecule has 0 bridgehead atoms. The molecule has 0 aliphatic heterocycles. The van der Waals surface area contributed by atoms with Gasteiger partial charge in [-0.05, 0) is 24.6 Å². The van der Waals surface area contributed by atoms with Gasteiger partial charge in [0.1, 0.15) is 0 Å². The van der Waals surface area contributed by atoms with Crippen LogP contribution in [0.3, 0.4) is 0 Å². The van der Waals surface area contributed by atoms with E-state index in [0.717, 1.165) is 6.07 Å². The Morgan fingerprint density at radius 3 is 2.43 bits per heavy atom. The van der Waals surface area contributed by atoms with Crippen molar-refractivity contribution in [1.82, 2.24) is 0 Å². The van der Waals surface area contributed by atoms with E-state index >= 15 is 0 Å². The van der Waals surface area contributed by atoms with Crippen LogP contribution in [0.15, 0.2) is 23.1 Å². The molecule has 0 aliphatic rings. The lowest BCUT2D eigenvalue weighted by Gasteiger charge is -2.08. The number of rotatable bonds is 2. The third-order valence-corrected chi connectivity index (χ3v) is 3.39. The Morgan fingerprint density at radius 2 is 1.93 bits per heavy atom. The number of alkyl halides is 2. The Kier molecular flexibility index (Phi) is 2.75. The van der Waals surface area contributed by atoms with Gasteiger partial charge in [-0.2, -0.15) is 8.78 Å². The first kappa shape index (κ1) is 10.9. The normalized spacial score (nSPS) is 12.0. The van der Waals surface area contributed by atoms with E-state index in [1.807, 2.05) is 0 Å². The van der Waals surface area contributed by atoms with E-state index in [9.17, 15) is 17.2 Å². The van der Waals surface area contributed by atoms with E-state index in [4.69, 9.17) is 5.73 Å². The first-order valence-electron chi connectivity index (χ1n) is 3.74. The number of benzene rings is 1. The first-order valence-corrected chi connectivity index (χ1v) is 5.29. The molecule has 0 amide bonds. The zero-order valence-corrected chi connectivity index (χ0v) is 8.18. The highest BCUT2D eigenvalue weighted by molar-refractivity contribution is 7.91. The molecule has 0 radical (unpaired) electrons. The van der Waals surface area contributed by atoms with Gasteiger partial charge in [0.2, 0.25) is 9.84 Å². The van der Waals surface area contributed by atoms with Crippen molar-refractivity contribution >= 4 is 15.5 Å². The lowest BCUT2D eigenvalue weighted by atomic mass is 10.2. The molecule has 1 aromatic carbocycles. The van der Waals surface area contributed by atoms with Crippen molar-refractivity contribution in [2.75, 3.05) is 5.73 Å². The SMILES string of the molecule is Cc1c(N)cccc1S(=O)(=O)C(F)F. The molecule has 0 heterocycles. The average molecular weight is 221 g/mol. The number of nitrogens with two attached hydrogens (primary N) is 1. The van der Waals surface area contributed by atoms with Gasteiger partial charge in [0.05, 0.1) is 4.90 Å². The second-order valence-corrected chi connectivity index (χ2v) is 4.66. The van der Waals surface area contributed by atoms with Crippen molar-refractivity contribution in [3.05, 3.63) is 23.8 Å². The molecular weight excluding hydrogens is 212 g/mol. The van der Waals surface area contributed by atoms with Crippen molar-refractivity contribution in [2.24, 2.45) is 0 Å². The summed E-state index contributed by atoms with van der Waals surface area (Å²) in [6, 6.07) is 3.91. The van der Waals surface area contributed by atoms with Gasteiger partial charge in [-0.15, -0.1) is 0 Å². The molecule has 78 valence electrons. The number of anilines is 1. The van der Waals surface area contributed by atoms with E-state index in [1.165, 1.54) is 19.1 Å². The van der Waals surface area contributed by atoms with Crippen LogP contribution in [0.2, 0.25) is 0 Å². The molecule has 0 saturated heterocycles. The Hall–Kier alpha value is -1.17. The molecule has 14 heavy (non-hydrogen) atoms. The largest absolute Gasteiger partial charge is 0.398 e. The summed E-state index contributed by atoms with van der Waals surface area (Å²) in [5.41, 5.74) is 5.75. The number of sulfone groups is 1. The Bertz CT molecular complexity index is 443. The van der Waals surface area contributed by atoms with Crippen LogP contribution in [0, 0.1) is 6.92 Å². The third-order valence-electron chi connectivity index (χ3n) is 1.87. The van der Waals surface area contributed by atoms with Gasteiger partial charge in [-0.1, -0.05) is 6.07 Å². The molecule has 0 saturated carbocycles. The molecule has 1 rings (SSSR count). The maximum absolute atomic E-state index is 12.2. The lowest BCUT2D eigenvalue weighted by Crippen LogP contribution is -2.13. The molecule has 0 atom stereocenters. The standard InChI is InChI=1S/C8H9F2NO2S/c1-5-6(11)3-2-4-7(5)14(12,13)8(9)10/h2-4,8H,11H2,1H3. The lowest BCUT2D eigenvalue weighted by molar-refractivity contribution is 0.234. The smallest absolute Gasteiger partial charge is 0.341 e. The van der Waals surface area contributed by atoms with E-state index in [-0.39, 0.29) is 11.3 Å². The highest BCUT2D eigenvalue weighted by atomic mass is 32.2. The quantitative estimate of drug-likeness (QED) is 0.771. The van der Waals surface area contributed by atoms with Crippen LogP contribution >= 0.6 is 0 Å². The summed E-state index contributed by atoms with van der Waals surface area (Å²) in [6.07, 6.45) is 0. The zero-order chi connectivity index (χ0) is 10.9. The van der Waals surface area contributed by atoms with Crippen molar-refractivity contribution in [3.8, 4) is 0 Å². The maximum atomic E-state index is 12.2. The highest BCUT2D eigenvalue weighted by Gasteiger charge is 2.28. The second-order valence-electron chi connectivity index (χ2n) is 2.78. The fourth-order valence-corrected chi connectivity index (χ4v) is 2.04. The molecular formula is C8H9F2NO2S. The molecule has 0 unspecified atom stereocenters. The van der Waals surface area contributed by atoms with Crippen molar-refractivity contribution in [2.45, 2.75) is 17.6 Å². The van der Waals surface area contributed by atoms with E-state index in [0.29, 0.717) is 0 Å². The third kappa shape index (κ3) is 1.70. The van der Waals surface area contributed by atoms with Crippen LogP contribution in [0.1, 0.15) is 5.56 Å². The van der Waals surface area contributed by atoms with Crippen LogP contribution in [0.25, 0.3) is 0 Å². The average Bonchev–Trinajstić information content (AvgIpc) is 2.09. The summed E-state index contributed by atoms with van der Waals surface area (Å²) in [5, 5.41) is 0. The van der Waals surface area contributed by atoms with E-state index < -0.39 is 20.5 Å². The summed E-state index contributed by atoms with van der Waals surface area (Å²) in [4.78, 5) is -0.410. The van der Waals surface area contributed by atoms with Gasteiger partial charge in [0.15, 0.2) is 0 Å². The summed E-state index contributed by atoms with van der Waals surface area (Å²) < 4.78 is 46.6. The van der Waals surface area contributed by atoms with Gasteiger partial charge in [0.25, 0.3) is 0 Å². The van der Waals surface area contributed by atoms with E-state index in [2.05, 4.69) is 0 Å². The number of nitrogen functional groups attached to an aromatic ring is 1. The Balaban J connectivity index is 3.42. The van der Waals surface area contributed by atoms with Crippen molar-refractivity contribution < 1.29 is 17.2 Å². The summed E-state index contributed by atoms with van der Waals surface area (Å²) >= 11 is 0. The topological polar surface area (TPSA) is 60.2 Å². The molecule has 1 aromatic rings. The predicted octanol–water partition coefficient (Wildman–Crippen LogP) is 1.57. The minimum absolute atomic E-state index is 0.160.